The minimum Gasteiger partial charge on any atom is -0.307 e. The lowest BCUT2D eigenvalue weighted by Gasteiger charge is -2.08. The molecule has 1 fully saturated rings. The predicted molar refractivity (Wildman–Crippen MR) is 67.2 cm³/mol. The van der Waals surface area contributed by atoms with Gasteiger partial charge in [-0.3, -0.25) is 0 Å². The van der Waals surface area contributed by atoms with Crippen LogP contribution in [0.5, 0.6) is 0 Å². The van der Waals surface area contributed by atoms with Gasteiger partial charge in [-0.25, -0.2) is 9.97 Å². The van der Waals surface area contributed by atoms with Gasteiger partial charge in [0.25, 0.3) is 0 Å². The molecule has 2 heterocycles. The van der Waals surface area contributed by atoms with Crippen molar-refractivity contribution in [3.05, 3.63) is 34.7 Å². The van der Waals surface area contributed by atoms with Gasteiger partial charge in [0.1, 0.15) is 5.82 Å². The molecule has 0 saturated carbocycles. The van der Waals surface area contributed by atoms with Crippen molar-refractivity contribution in [2.24, 2.45) is 0 Å². The maximum atomic E-state index is 4.61. The smallest absolute Gasteiger partial charge is 0.145 e. The fraction of sp³-hybridized carbons (Fsp3) is 0.333. The van der Waals surface area contributed by atoms with Gasteiger partial charge in [-0.2, -0.15) is 0 Å². The zero-order valence-corrected chi connectivity index (χ0v) is 10.4. The second kappa shape index (κ2) is 4.11. The summed E-state index contributed by atoms with van der Waals surface area (Å²) >= 11 is 3.46. The van der Waals surface area contributed by atoms with Crippen LogP contribution in [-0.4, -0.2) is 16.5 Å². The second-order valence-electron chi connectivity index (χ2n) is 4.08. The first-order valence-corrected chi connectivity index (χ1v) is 6.28. The highest BCUT2D eigenvalue weighted by molar-refractivity contribution is 9.10. The molecule has 0 bridgehead atoms. The number of hydrogen-bond acceptors (Lipinski definition) is 3. The summed E-state index contributed by atoms with van der Waals surface area (Å²) in [5, 5.41) is 4.50. The van der Waals surface area contributed by atoms with E-state index in [0.717, 1.165) is 34.2 Å². The van der Waals surface area contributed by atoms with Gasteiger partial charge >= 0.3 is 0 Å². The summed E-state index contributed by atoms with van der Waals surface area (Å²) in [4.78, 5) is 9.04. The molecule has 0 amide bonds. The van der Waals surface area contributed by atoms with Crippen molar-refractivity contribution in [2.75, 3.05) is 6.54 Å². The van der Waals surface area contributed by atoms with Gasteiger partial charge in [0, 0.05) is 16.1 Å². The Bertz CT molecular complexity index is 521. The Kier molecular flexibility index (Phi) is 2.61. The molecule has 1 aliphatic heterocycles. The van der Waals surface area contributed by atoms with Crippen LogP contribution in [0.15, 0.2) is 28.9 Å². The molecule has 16 heavy (non-hydrogen) atoms. The number of halogens is 1. The summed E-state index contributed by atoms with van der Waals surface area (Å²) in [6.07, 6.45) is 4.26. The summed E-state index contributed by atoms with van der Waals surface area (Å²) < 4.78 is 1.06. The van der Waals surface area contributed by atoms with Crippen LogP contribution >= 0.6 is 15.9 Å². The van der Waals surface area contributed by atoms with E-state index in [1.807, 2.05) is 24.4 Å². The Labute approximate surface area is 102 Å². The Morgan fingerprint density at radius 2 is 2.31 bits per heavy atom. The quantitative estimate of drug-likeness (QED) is 0.871. The third-order valence-corrected chi connectivity index (χ3v) is 3.43. The lowest BCUT2D eigenvalue weighted by molar-refractivity contribution is 0.608. The highest BCUT2D eigenvalue weighted by Gasteiger charge is 2.18. The van der Waals surface area contributed by atoms with E-state index >= 15 is 0 Å². The minimum absolute atomic E-state index is 0.336. The molecule has 0 radical (unpaired) electrons. The van der Waals surface area contributed by atoms with Gasteiger partial charge in [-0.05, 0) is 31.5 Å². The molecule has 1 aromatic carbocycles. The van der Waals surface area contributed by atoms with Crippen molar-refractivity contribution in [3.8, 4) is 0 Å². The molecule has 1 N–H and O–H groups in total. The number of fused-ring (bicyclic) bond motifs is 1. The molecule has 1 aromatic heterocycles. The van der Waals surface area contributed by atoms with Gasteiger partial charge in [-0.15, -0.1) is 0 Å². The first-order valence-electron chi connectivity index (χ1n) is 5.48. The number of aromatic nitrogens is 2. The van der Waals surface area contributed by atoms with Crippen LogP contribution < -0.4 is 5.32 Å². The van der Waals surface area contributed by atoms with Gasteiger partial charge in [-0.1, -0.05) is 22.0 Å². The van der Waals surface area contributed by atoms with Crippen molar-refractivity contribution in [1.82, 2.24) is 15.3 Å². The molecule has 4 heteroatoms. The number of hydrogen-bond donors (Lipinski definition) is 1. The minimum atomic E-state index is 0.336. The standard InChI is InChI=1S/C12H12BrN3/c13-9-4-3-8-7-15-12(16-11(8)6-9)10-2-1-5-14-10/h3-4,6-7,10,14H,1-2,5H2. The molecule has 1 aliphatic rings. The van der Waals surface area contributed by atoms with Crippen LogP contribution in [0.25, 0.3) is 10.9 Å². The Balaban J connectivity index is 2.07. The van der Waals surface area contributed by atoms with Crippen LogP contribution in [-0.2, 0) is 0 Å². The van der Waals surface area contributed by atoms with Gasteiger partial charge in [0.15, 0.2) is 0 Å². The summed E-state index contributed by atoms with van der Waals surface area (Å²) in [6.45, 7) is 1.07. The summed E-state index contributed by atoms with van der Waals surface area (Å²) in [5.74, 6) is 0.920. The monoisotopic (exact) mass is 277 g/mol. The van der Waals surface area contributed by atoms with Crippen molar-refractivity contribution >= 4 is 26.8 Å². The first kappa shape index (κ1) is 10.2. The maximum Gasteiger partial charge on any atom is 0.145 e. The van der Waals surface area contributed by atoms with E-state index in [2.05, 4.69) is 31.2 Å². The third kappa shape index (κ3) is 1.83. The normalized spacial score (nSPS) is 20.4. The maximum absolute atomic E-state index is 4.61. The average Bonchev–Trinajstić information content (AvgIpc) is 2.81. The van der Waals surface area contributed by atoms with Crippen LogP contribution in [0.2, 0.25) is 0 Å². The fourth-order valence-electron chi connectivity index (χ4n) is 2.08. The number of rotatable bonds is 1. The molecule has 1 atom stereocenters. The number of nitrogens with one attached hydrogen (secondary N) is 1. The first-order chi connectivity index (χ1) is 7.83. The van der Waals surface area contributed by atoms with Crippen molar-refractivity contribution in [2.45, 2.75) is 18.9 Å². The molecule has 0 aliphatic carbocycles. The van der Waals surface area contributed by atoms with E-state index in [4.69, 9.17) is 0 Å². The molecule has 3 nitrogen and oxygen atoms in total. The highest BCUT2D eigenvalue weighted by atomic mass is 79.9. The number of nitrogens with zero attached hydrogens (tertiary/aromatic N) is 2. The molecular formula is C12H12BrN3. The molecule has 82 valence electrons. The van der Waals surface area contributed by atoms with E-state index in [0.29, 0.717) is 6.04 Å². The zero-order chi connectivity index (χ0) is 11.0. The number of benzene rings is 1. The van der Waals surface area contributed by atoms with Crippen LogP contribution in [0, 0.1) is 0 Å². The van der Waals surface area contributed by atoms with E-state index in [9.17, 15) is 0 Å². The van der Waals surface area contributed by atoms with Crippen molar-refractivity contribution in [1.29, 1.82) is 0 Å². The largest absolute Gasteiger partial charge is 0.307 e. The predicted octanol–water partition coefficient (Wildman–Crippen LogP) is 2.82. The molecule has 2 aromatic rings. The topological polar surface area (TPSA) is 37.8 Å². The molecule has 0 spiro atoms. The Morgan fingerprint density at radius 1 is 1.38 bits per heavy atom. The fourth-order valence-corrected chi connectivity index (χ4v) is 2.43. The SMILES string of the molecule is Brc1ccc2cnc(C3CCCN3)nc2c1. The molecular weight excluding hydrogens is 266 g/mol. The summed E-state index contributed by atoms with van der Waals surface area (Å²) in [7, 11) is 0. The molecule has 3 rings (SSSR count). The Morgan fingerprint density at radius 3 is 3.12 bits per heavy atom. The second-order valence-corrected chi connectivity index (χ2v) is 5.00. The Hall–Kier alpha value is -1.00. The molecule has 1 saturated heterocycles. The molecule has 1 unspecified atom stereocenters. The summed E-state index contributed by atoms with van der Waals surface area (Å²) in [5.41, 5.74) is 1.01. The van der Waals surface area contributed by atoms with E-state index in [1.165, 1.54) is 6.42 Å². The third-order valence-electron chi connectivity index (χ3n) is 2.94. The van der Waals surface area contributed by atoms with Gasteiger partial charge in [0.2, 0.25) is 0 Å². The zero-order valence-electron chi connectivity index (χ0n) is 8.78. The average molecular weight is 278 g/mol. The van der Waals surface area contributed by atoms with Crippen LogP contribution in [0.3, 0.4) is 0 Å². The van der Waals surface area contributed by atoms with Crippen molar-refractivity contribution < 1.29 is 0 Å². The highest BCUT2D eigenvalue weighted by Crippen LogP contribution is 2.23. The van der Waals surface area contributed by atoms with E-state index in [1.54, 1.807) is 0 Å². The van der Waals surface area contributed by atoms with Crippen LogP contribution in [0.4, 0.5) is 0 Å². The van der Waals surface area contributed by atoms with E-state index < -0.39 is 0 Å². The summed E-state index contributed by atoms with van der Waals surface area (Å²) in [6, 6.07) is 6.42. The van der Waals surface area contributed by atoms with Crippen molar-refractivity contribution in [3.63, 3.8) is 0 Å². The lowest BCUT2D eigenvalue weighted by Crippen LogP contribution is -2.15. The van der Waals surface area contributed by atoms with Crippen LogP contribution in [0.1, 0.15) is 24.7 Å². The van der Waals surface area contributed by atoms with E-state index in [-0.39, 0.29) is 0 Å². The van der Waals surface area contributed by atoms with Gasteiger partial charge in [0.05, 0.1) is 11.6 Å². The van der Waals surface area contributed by atoms with Gasteiger partial charge < -0.3 is 5.32 Å². The lowest BCUT2D eigenvalue weighted by atomic mass is 10.2.